The molecule has 0 fully saturated rings. The van der Waals surface area contributed by atoms with Crippen LogP contribution in [0.25, 0.3) is 0 Å². The van der Waals surface area contributed by atoms with Gasteiger partial charge in [-0.3, -0.25) is 0 Å². The second-order valence-electron chi connectivity index (χ2n) is 2.99. The van der Waals surface area contributed by atoms with E-state index in [0.29, 0.717) is 6.08 Å². The molecule has 0 saturated carbocycles. The minimum atomic E-state index is -5.80. The lowest BCUT2D eigenvalue weighted by molar-refractivity contribution is -0.312. The average Bonchev–Trinajstić information content (AvgIpc) is 2.20. The summed E-state index contributed by atoms with van der Waals surface area (Å²) in [5, 5.41) is 0. The predicted octanol–water partition coefficient (Wildman–Crippen LogP) is 2.14. The van der Waals surface area contributed by atoms with E-state index < -0.39 is 30.4 Å². The summed E-state index contributed by atoms with van der Waals surface area (Å²) < 4.78 is 79.4. The molecule has 19 heavy (non-hydrogen) atoms. The normalized spacial score (nSPS) is 12.8. The summed E-state index contributed by atoms with van der Waals surface area (Å²) >= 11 is 0. The number of hydrogen-bond acceptors (Lipinski definition) is 4. The smallest absolute Gasteiger partial charge is 0.434 e. The average molecular weight is 294 g/mol. The van der Waals surface area contributed by atoms with Gasteiger partial charge in [-0.25, -0.2) is 9.59 Å². The first-order chi connectivity index (χ1) is 8.48. The van der Waals surface area contributed by atoms with E-state index >= 15 is 0 Å². The van der Waals surface area contributed by atoms with Crippen molar-refractivity contribution in [2.75, 3.05) is 6.61 Å². The molecule has 0 aromatic rings. The van der Waals surface area contributed by atoms with E-state index in [1.165, 1.54) is 6.92 Å². The van der Waals surface area contributed by atoms with Gasteiger partial charge in [0.05, 0.1) is 6.61 Å². The van der Waals surface area contributed by atoms with E-state index in [0.717, 1.165) is 0 Å². The molecule has 0 aliphatic rings. The maximum absolute atomic E-state index is 12.0. The van der Waals surface area contributed by atoms with Crippen LogP contribution in [0.3, 0.4) is 0 Å². The topological polar surface area (TPSA) is 52.6 Å². The van der Waals surface area contributed by atoms with Crippen LogP contribution in [0.4, 0.5) is 26.3 Å². The monoisotopic (exact) mass is 294 g/mol. The number of esters is 2. The summed E-state index contributed by atoms with van der Waals surface area (Å²) in [6.45, 7) is 1.33. The van der Waals surface area contributed by atoms with E-state index in [1.54, 1.807) is 0 Å². The van der Waals surface area contributed by atoms with Crippen molar-refractivity contribution in [1.29, 1.82) is 0 Å². The standard InChI is InChI=1S/C9H8F6O4/c1-2-18-5(16)3-4-6(17)19-7(8(10,11)12)9(13,14)15/h3-4,7H,2H2,1H3. The fraction of sp³-hybridized carbons (Fsp3) is 0.556. The van der Waals surface area contributed by atoms with E-state index in [2.05, 4.69) is 9.47 Å². The van der Waals surface area contributed by atoms with Crippen LogP contribution in [0, 0.1) is 0 Å². The summed E-state index contributed by atoms with van der Waals surface area (Å²) in [6, 6.07) is 0. The highest BCUT2D eigenvalue weighted by molar-refractivity contribution is 5.91. The van der Waals surface area contributed by atoms with Crippen LogP contribution < -0.4 is 0 Å². The zero-order valence-corrected chi connectivity index (χ0v) is 9.34. The number of carbonyl (C=O) groups excluding carboxylic acids is 2. The number of hydrogen-bond donors (Lipinski definition) is 0. The van der Waals surface area contributed by atoms with Crippen molar-refractivity contribution < 1.29 is 45.4 Å². The molecule has 0 aliphatic carbocycles. The molecule has 0 rings (SSSR count). The van der Waals surface area contributed by atoms with Gasteiger partial charge in [0.15, 0.2) is 0 Å². The predicted molar refractivity (Wildman–Crippen MR) is 47.8 cm³/mol. The number of ether oxygens (including phenoxy) is 2. The third-order valence-electron chi connectivity index (χ3n) is 1.47. The molecule has 0 spiro atoms. The van der Waals surface area contributed by atoms with Crippen LogP contribution in [0.15, 0.2) is 12.2 Å². The first-order valence-electron chi connectivity index (χ1n) is 4.67. The van der Waals surface area contributed by atoms with Crippen LogP contribution in [-0.2, 0) is 19.1 Å². The molecule has 0 radical (unpaired) electrons. The highest BCUT2D eigenvalue weighted by atomic mass is 19.4. The fourth-order valence-electron chi connectivity index (χ4n) is 0.801. The van der Waals surface area contributed by atoms with E-state index in [-0.39, 0.29) is 12.7 Å². The van der Waals surface area contributed by atoms with Gasteiger partial charge in [0.2, 0.25) is 0 Å². The molecule has 0 bridgehead atoms. The summed E-state index contributed by atoms with van der Waals surface area (Å²) in [5.41, 5.74) is 0. The van der Waals surface area contributed by atoms with Crippen molar-refractivity contribution in [3.8, 4) is 0 Å². The van der Waals surface area contributed by atoms with Crippen molar-refractivity contribution in [1.82, 2.24) is 0 Å². The second kappa shape index (κ2) is 6.43. The van der Waals surface area contributed by atoms with Gasteiger partial charge in [0.25, 0.3) is 6.10 Å². The Balaban J connectivity index is 4.72. The molecule has 0 N–H and O–H groups in total. The molecular formula is C9H8F6O4. The molecule has 4 nitrogen and oxygen atoms in total. The van der Waals surface area contributed by atoms with Gasteiger partial charge >= 0.3 is 24.3 Å². The van der Waals surface area contributed by atoms with Crippen molar-refractivity contribution in [2.45, 2.75) is 25.4 Å². The Morgan fingerprint density at radius 2 is 1.42 bits per heavy atom. The molecule has 0 unspecified atom stereocenters. The van der Waals surface area contributed by atoms with Gasteiger partial charge in [-0.15, -0.1) is 0 Å². The second-order valence-corrected chi connectivity index (χ2v) is 2.99. The lowest BCUT2D eigenvalue weighted by Crippen LogP contribution is -2.45. The quantitative estimate of drug-likeness (QED) is 0.453. The molecule has 0 amide bonds. The Morgan fingerprint density at radius 1 is 1.00 bits per heavy atom. The number of carbonyl (C=O) groups is 2. The van der Waals surface area contributed by atoms with E-state index in [9.17, 15) is 35.9 Å². The lowest BCUT2D eigenvalue weighted by atomic mass is 10.3. The zero-order valence-electron chi connectivity index (χ0n) is 9.34. The molecule has 0 atom stereocenters. The first kappa shape index (κ1) is 17.3. The highest BCUT2D eigenvalue weighted by Gasteiger charge is 2.59. The zero-order chi connectivity index (χ0) is 15.3. The van der Waals surface area contributed by atoms with E-state index in [4.69, 9.17) is 0 Å². The molecule has 110 valence electrons. The third-order valence-corrected chi connectivity index (χ3v) is 1.47. The Kier molecular flexibility index (Phi) is 5.84. The maximum atomic E-state index is 12.0. The van der Waals surface area contributed by atoms with Gasteiger partial charge in [-0.1, -0.05) is 0 Å². The number of rotatable bonds is 4. The van der Waals surface area contributed by atoms with Crippen LogP contribution >= 0.6 is 0 Å². The first-order valence-corrected chi connectivity index (χ1v) is 4.67. The van der Waals surface area contributed by atoms with Crippen molar-refractivity contribution >= 4 is 11.9 Å². The van der Waals surface area contributed by atoms with Crippen LogP contribution in [0.1, 0.15) is 6.92 Å². The van der Waals surface area contributed by atoms with Crippen LogP contribution in [0.2, 0.25) is 0 Å². The Hall–Kier alpha value is -1.74. The third kappa shape index (κ3) is 6.67. The largest absolute Gasteiger partial charge is 0.463 e. The molecular weight excluding hydrogens is 286 g/mol. The van der Waals surface area contributed by atoms with Gasteiger partial charge in [0, 0.05) is 12.2 Å². The molecule has 0 aromatic carbocycles. The molecule has 0 aliphatic heterocycles. The molecule has 0 heterocycles. The maximum Gasteiger partial charge on any atom is 0.434 e. The minimum absolute atomic E-state index is 0.0774. The Labute approximate surface area is 103 Å². The van der Waals surface area contributed by atoms with Crippen molar-refractivity contribution in [2.24, 2.45) is 0 Å². The molecule has 0 saturated heterocycles. The van der Waals surface area contributed by atoms with Crippen molar-refractivity contribution in [3.63, 3.8) is 0 Å². The number of halogens is 6. The summed E-state index contributed by atoms with van der Waals surface area (Å²) in [7, 11) is 0. The van der Waals surface area contributed by atoms with Gasteiger partial charge in [-0.2, -0.15) is 26.3 Å². The summed E-state index contributed by atoms with van der Waals surface area (Å²) in [4.78, 5) is 21.4. The van der Waals surface area contributed by atoms with Gasteiger partial charge in [-0.05, 0) is 6.92 Å². The Bertz CT molecular complexity index is 343. The van der Waals surface area contributed by atoms with Crippen LogP contribution in [-0.4, -0.2) is 37.0 Å². The minimum Gasteiger partial charge on any atom is -0.463 e. The molecule has 0 aromatic heterocycles. The van der Waals surface area contributed by atoms with Crippen molar-refractivity contribution in [3.05, 3.63) is 12.2 Å². The Morgan fingerprint density at radius 3 is 1.79 bits per heavy atom. The molecule has 10 heteroatoms. The van der Waals surface area contributed by atoms with E-state index in [1.807, 2.05) is 0 Å². The van der Waals surface area contributed by atoms with Crippen LogP contribution in [0.5, 0.6) is 0 Å². The fourth-order valence-corrected chi connectivity index (χ4v) is 0.801. The SMILES string of the molecule is CCOC(=O)C=CC(=O)OC(C(F)(F)F)C(F)(F)F. The summed E-state index contributed by atoms with van der Waals surface area (Å²) in [5.74, 6) is -3.07. The number of alkyl halides is 6. The summed E-state index contributed by atoms with van der Waals surface area (Å²) in [6.07, 6.45) is -15.4. The van der Waals surface area contributed by atoms with Gasteiger partial charge in [0.1, 0.15) is 0 Å². The lowest BCUT2D eigenvalue weighted by Gasteiger charge is -2.22. The van der Waals surface area contributed by atoms with Gasteiger partial charge < -0.3 is 9.47 Å². The highest BCUT2D eigenvalue weighted by Crippen LogP contribution is 2.35.